The molecular formula is C11H25N3O3S. The summed E-state index contributed by atoms with van der Waals surface area (Å²) in [4.78, 5) is 11.8. The summed E-state index contributed by atoms with van der Waals surface area (Å²) in [5.41, 5.74) is 5.59. The highest BCUT2D eigenvalue weighted by molar-refractivity contribution is 7.89. The topological polar surface area (TPSA) is 101 Å². The van der Waals surface area contributed by atoms with E-state index in [1.54, 1.807) is 0 Å². The van der Waals surface area contributed by atoms with Crippen LogP contribution in [-0.2, 0) is 14.8 Å². The van der Waals surface area contributed by atoms with Crippen LogP contribution < -0.4 is 15.8 Å². The molecule has 0 aromatic heterocycles. The van der Waals surface area contributed by atoms with E-state index in [4.69, 9.17) is 5.73 Å². The van der Waals surface area contributed by atoms with E-state index >= 15 is 0 Å². The molecule has 0 aromatic carbocycles. The Kier molecular flexibility index (Phi) is 6.80. The van der Waals surface area contributed by atoms with Crippen molar-refractivity contribution in [2.24, 2.45) is 17.1 Å². The van der Waals surface area contributed by atoms with Gasteiger partial charge in [0.15, 0.2) is 0 Å². The lowest BCUT2D eigenvalue weighted by Gasteiger charge is -2.24. The molecule has 7 heteroatoms. The van der Waals surface area contributed by atoms with Gasteiger partial charge in [-0.2, -0.15) is 0 Å². The van der Waals surface area contributed by atoms with Crippen LogP contribution in [0.3, 0.4) is 0 Å². The first-order valence-electron chi connectivity index (χ1n) is 6.00. The third-order valence-corrected chi connectivity index (χ3v) is 3.86. The van der Waals surface area contributed by atoms with Gasteiger partial charge in [-0.3, -0.25) is 4.79 Å². The first kappa shape index (κ1) is 17.3. The Labute approximate surface area is 110 Å². The van der Waals surface area contributed by atoms with Gasteiger partial charge in [-0.1, -0.05) is 20.8 Å². The molecule has 0 fully saturated rings. The van der Waals surface area contributed by atoms with E-state index in [0.717, 1.165) is 0 Å². The van der Waals surface area contributed by atoms with Crippen LogP contribution in [0.1, 0.15) is 27.2 Å². The van der Waals surface area contributed by atoms with Gasteiger partial charge in [0, 0.05) is 13.1 Å². The maximum atomic E-state index is 11.8. The molecule has 1 unspecified atom stereocenters. The van der Waals surface area contributed by atoms with E-state index in [2.05, 4.69) is 10.0 Å². The van der Waals surface area contributed by atoms with Crippen LogP contribution in [0.25, 0.3) is 0 Å². The van der Waals surface area contributed by atoms with E-state index < -0.39 is 10.0 Å². The number of nitrogens with two attached hydrogens (primary N) is 1. The van der Waals surface area contributed by atoms with Gasteiger partial charge in [0.1, 0.15) is 0 Å². The molecule has 0 bridgehead atoms. The Morgan fingerprint density at radius 2 is 1.89 bits per heavy atom. The third kappa shape index (κ3) is 7.62. The summed E-state index contributed by atoms with van der Waals surface area (Å²) in [6, 6.07) is 0. The van der Waals surface area contributed by atoms with E-state index in [9.17, 15) is 13.2 Å². The van der Waals surface area contributed by atoms with Crippen LogP contribution in [0, 0.1) is 11.3 Å². The van der Waals surface area contributed by atoms with Crippen molar-refractivity contribution < 1.29 is 13.2 Å². The zero-order valence-corrected chi connectivity index (χ0v) is 12.4. The number of carbonyl (C=O) groups is 1. The molecule has 0 saturated heterocycles. The first-order valence-corrected chi connectivity index (χ1v) is 7.65. The summed E-state index contributed by atoms with van der Waals surface area (Å²) in [7, 11) is -1.93. The minimum absolute atomic E-state index is 0.0123. The smallest absolute Gasteiger partial charge is 0.224 e. The average molecular weight is 279 g/mol. The molecule has 0 saturated carbocycles. The molecule has 0 heterocycles. The molecule has 6 nitrogen and oxygen atoms in total. The zero-order chi connectivity index (χ0) is 14.4. The lowest BCUT2D eigenvalue weighted by atomic mass is 9.84. The molecular weight excluding hydrogens is 254 g/mol. The van der Waals surface area contributed by atoms with Gasteiger partial charge in [0.05, 0.1) is 11.7 Å². The predicted molar refractivity (Wildman–Crippen MR) is 72.5 cm³/mol. The average Bonchev–Trinajstić information content (AvgIpc) is 2.24. The first-order chi connectivity index (χ1) is 8.11. The van der Waals surface area contributed by atoms with Crippen LogP contribution in [0.15, 0.2) is 0 Å². The van der Waals surface area contributed by atoms with Gasteiger partial charge in [-0.25, -0.2) is 13.1 Å². The molecule has 0 spiro atoms. The Hall–Kier alpha value is -0.660. The number of rotatable bonds is 7. The van der Waals surface area contributed by atoms with Crippen molar-refractivity contribution in [1.29, 1.82) is 0 Å². The SMILES string of the molecule is CNS(=O)(=O)CCNC(=O)C(CN)CC(C)(C)C. The van der Waals surface area contributed by atoms with Crippen molar-refractivity contribution in [3.05, 3.63) is 0 Å². The highest BCUT2D eigenvalue weighted by atomic mass is 32.2. The largest absolute Gasteiger partial charge is 0.355 e. The Balaban J connectivity index is 4.22. The number of carbonyl (C=O) groups excluding carboxylic acids is 1. The molecule has 108 valence electrons. The minimum atomic E-state index is -3.28. The molecule has 0 radical (unpaired) electrons. The van der Waals surface area contributed by atoms with Gasteiger partial charge >= 0.3 is 0 Å². The van der Waals surface area contributed by atoms with Crippen LogP contribution in [-0.4, -0.2) is 40.2 Å². The summed E-state index contributed by atoms with van der Waals surface area (Å²) in [5, 5.41) is 2.61. The van der Waals surface area contributed by atoms with Crippen LogP contribution in [0.5, 0.6) is 0 Å². The highest BCUT2D eigenvalue weighted by Crippen LogP contribution is 2.23. The van der Waals surface area contributed by atoms with Gasteiger partial charge in [-0.15, -0.1) is 0 Å². The predicted octanol–water partition coefficient (Wildman–Crippen LogP) is -0.337. The van der Waals surface area contributed by atoms with Crippen LogP contribution in [0.2, 0.25) is 0 Å². The Morgan fingerprint density at radius 1 is 1.33 bits per heavy atom. The van der Waals surface area contributed by atoms with E-state index in [1.165, 1.54) is 7.05 Å². The molecule has 4 N–H and O–H groups in total. The fourth-order valence-electron chi connectivity index (χ4n) is 1.58. The van der Waals surface area contributed by atoms with E-state index in [1.807, 2.05) is 20.8 Å². The van der Waals surface area contributed by atoms with Crippen LogP contribution in [0.4, 0.5) is 0 Å². The Morgan fingerprint density at radius 3 is 2.28 bits per heavy atom. The van der Waals surface area contributed by atoms with Crippen molar-refractivity contribution in [2.75, 3.05) is 25.9 Å². The van der Waals surface area contributed by atoms with E-state index in [0.29, 0.717) is 6.42 Å². The molecule has 0 aromatic rings. The summed E-state index contributed by atoms with van der Waals surface area (Å²) >= 11 is 0. The second-order valence-corrected chi connectivity index (χ2v) is 7.56. The number of sulfonamides is 1. The molecule has 0 aliphatic rings. The van der Waals surface area contributed by atoms with Gasteiger partial charge in [0.2, 0.25) is 15.9 Å². The summed E-state index contributed by atoms with van der Waals surface area (Å²) in [5.74, 6) is -0.580. The van der Waals surface area contributed by atoms with Crippen molar-refractivity contribution >= 4 is 15.9 Å². The molecule has 0 aliphatic carbocycles. The van der Waals surface area contributed by atoms with Crippen LogP contribution >= 0.6 is 0 Å². The summed E-state index contributed by atoms with van der Waals surface area (Å²) in [6.45, 7) is 6.47. The summed E-state index contributed by atoms with van der Waals surface area (Å²) in [6.07, 6.45) is 0.675. The monoisotopic (exact) mass is 279 g/mol. The number of amides is 1. The van der Waals surface area contributed by atoms with E-state index in [-0.39, 0.29) is 36.1 Å². The normalized spacial score (nSPS) is 14.3. The second kappa shape index (κ2) is 7.06. The molecule has 18 heavy (non-hydrogen) atoms. The van der Waals surface area contributed by atoms with Gasteiger partial charge < -0.3 is 11.1 Å². The quantitative estimate of drug-likeness (QED) is 0.593. The minimum Gasteiger partial charge on any atom is -0.355 e. The highest BCUT2D eigenvalue weighted by Gasteiger charge is 2.23. The second-order valence-electron chi connectivity index (χ2n) is 5.51. The maximum absolute atomic E-state index is 11.8. The van der Waals surface area contributed by atoms with Crippen molar-refractivity contribution in [3.63, 3.8) is 0 Å². The lowest BCUT2D eigenvalue weighted by molar-refractivity contribution is -0.125. The summed E-state index contributed by atoms with van der Waals surface area (Å²) < 4.78 is 24.5. The number of hydrogen-bond acceptors (Lipinski definition) is 4. The zero-order valence-electron chi connectivity index (χ0n) is 11.6. The molecule has 0 rings (SSSR count). The van der Waals surface area contributed by atoms with Gasteiger partial charge in [0.25, 0.3) is 0 Å². The molecule has 1 atom stereocenters. The molecule has 1 amide bonds. The fraction of sp³-hybridized carbons (Fsp3) is 0.909. The van der Waals surface area contributed by atoms with Gasteiger partial charge in [-0.05, 0) is 18.9 Å². The maximum Gasteiger partial charge on any atom is 0.224 e. The van der Waals surface area contributed by atoms with Crippen molar-refractivity contribution in [2.45, 2.75) is 27.2 Å². The number of hydrogen-bond donors (Lipinski definition) is 3. The third-order valence-electron chi connectivity index (χ3n) is 2.50. The van der Waals surface area contributed by atoms with Crippen molar-refractivity contribution in [3.8, 4) is 0 Å². The fourth-order valence-corrected chi connectivity index (χ4v) is 2.15. The standard InChI is InChI=1S/C11H25N3O3S/c1-11(2,3)7-9(8-12)10(15)14-5-6-18(16,17)13-4/h9,13H,5-8,12H2,1-4H3,(H,14,15). The van der Waals surface area contributed by atoms with Crippen molar-refractivity contribution in [1.82, 2.24) is 10.0 Å². The molecule has 0 aliphatic heterocycles. The Bertz CT molecular complexity index is 360. The lowest BCUT2D eigenvalue weighted by Crippen LogP contribution is -2.40. The number of nitrogens with one attached hydrogen (secondary N) is 2.